The summed E-state index contributed by atoms with van der Waals surface area (Å²) in [6, 6.07) is 11.1. The number of aliphatic hydroxyl groups excluding tert-OH is 1. The second kappa shape index (κ2) is 8.83. The normalized spacial score (nSPS) is 21.4. The van der Waals surface area contributed by atoms with Crippen LogP contribution in [0.25, 0.3) is 0 Å². The Morgan fingerprint density at radius 2 is 2.00 bits per heavy atom. The van der Waals surface area contributed by atoms with Gasteiger partial charge in [-0.15, -0.1) is 0 Å². The second-order valence-corrected chi connectivity index (χ2v) is 8.23. The average molecular weight is 356 g/mol. The van der Waals surface area contributed by atoms with Crippen LogP contribution in [-0.4, -0.2) is 39.5 Å². The number of aromatic nitrogens is 2. The first-order valence-electron chi connectivity index (χ1n) is 10.0. The minimum absolute atomic E-state index is 0.0566. The van der Waals surface area contributed by atoms with E-state index in [-0.39, 0.29) is 5.41 Å². The lowest BCUT2D eigenvalue weighted by Crippen LogP contribution is -2.45. The molecule has 3 rings (SSSR count). The fraction of sp³-hybridized carbons (Fsp3) is 0.591. The van der Waals surface area contributed by atoms with Gasteiger partial charge in [0.25, 0.3) is 0 Å². The van der Waals surface area contributed by atoms with Gasteiger partial charge >= 0.3 is 0 Å². The van der Waals surface area contributed by atoms with Crippen molar-refractivity contribution in [3.05, 3.63) is 53.9 Å². The summed E-state index contributed by atoms with van der Waals surface area (Å²) in [6.45, 7) is 7.65. The van der Waals surface area contributed by atoms with Crippen molar-refractivity contribution in [1.82, 2.24) is 14.7 Å². The van der Waals surface area contributed by atoms with Crippen LogP contribution in [0.4, 0.5) is 0 Å². The van der Waals surface area contributed by atoms with E-state index in [2.05, 4.69) is 60.4 Å². The molecule has 1 saturated heterocycles. The van der Waals surface area contributed by atoms with Gasteiger partial charge in [0.1, 0.15) is 0 Å². The number of aryl methyl sites for hydroxylation is 1. The van der Waals surface area contributed by atoms with E-state index in [9.17, 15) is 5.11 Å². The third-order valence-electron chi connectivity index (χ3n) is 5.68. The van der Waals surface area contributed by atoms with Crippen molar-refractivity contribution in [3.8, 4) is 0 Å². The molecular weight excluding hydrogens is 322 g/mol. The number of hydrogen-bond acceptors (Lipinski definition) is 3. The summed E-state index contributed by atoms with van der Waals surface area (Å²) in [5, 5.41) is 14.6. The van der Waals surface area contributed by atoms with Gasteiger partial charge < -0.3 is 5.11 Å². The van der Waals surface area contributed by atoms with Crippen molar-refractivity contribution < 1.29 is 5.11 Å². The smallest absolute Gasteiger partial charge is 0.0534 e. The monoisotopic (exact) mass is 355 g/mol. The van der Waals surface area contributed by atoms with E-state index in [4.69, 9.17) is 0 Å². The van der Waals surface area contributed by atoms with Crippen LogP contribution in [0.2, 0.25) is 0 Å². The fourth-order valence-electron chi connectivity index (χ4n) is 4.17. The highest BCUT2D eigenvalue weighted by Crippen LogP contribution is 2.35. The summed E-state index contributed by atoms with van der Waals surface area (Å²) < 4.78 is 2.03. The number of piperidine rings is 1. The standard InChI is InChI=1S/C22H33N3O/c1-19(2)25-16-21(14-23-25)15-24-13-7-12-22(17-24,18-26)11-6-10-20-8-4-3-5-9-20/h3-5,8-9,14,16,19,26H,6-7,10-13,15,17-18H2,1-2H3/t22-/m1/s1. The molecule has 0 aliphatic carbocycles. The Labute approximate surface area is 157 Å². The Morgan fingerprint density at radius 3 is 2.69 bits per heavy atom. The Hall–Kier alpha value is -1.65. The molecular formula is C22H33N3O. The molecule has 0 unspecified atom stereocenters. The van der Waals surface area contributed by atoms with Crippen LogP contribution in [-0.2, 0) is 13.0 Å². The lowest BCUT2D eigenvalue weighted by molar-refractivity contribution is 0.0208. The topological polar surface area (TPSA) is 41.3 Å². The zero-order valence-corrected chi connectivity index (χ0v) is 16.3. The molecule has 0 saturated carbocycles. The number of benzene rings is 1. The van der Waals surface area contributed by atoms with Crippen molar-refractivity contribution in [2.45, 2.75) is 58.5 Å². The number of rotatable bonds is 8. The highest BCUT2D eigenvalue weighted by molar-refractivity contribution is 5.14. The SMILES string of the molecule is CC(C)n1cc(CN2CCC[C@](CO)(CCCc3ccccc3)C2)cn1. The summed E-state index contributed by atoms with van der Waals surface area (Å²) in [4.78, 5) is 2.50. The van der Waals surface area contributed by atoms with Gasteiger partial charge in [0.15, 0.2) is 0 Å². The van der Waals surface area contributed by atoms with Gasteiger partial charge in [-0.1, -0.05) is 30.3 Å². The summed E-state index contributed by atoms with van der Waals surface area (Å²) >= 11 is 0. The van der Waals surface area contributed by atoms with E-state index in [1.54, 1.807) is 0 Å². The Kier molecular flexibility index (Phi) is 6.49. The van der Waals surface area contributed by atoms with Gasteiger partial charge in [0, 0.05) is 42.9 Å². The molecule has 26 heavy (non-hydrogen) atoms. The molecule has 142 valence electrons. The molecule has 2 aromatic rings. The molecule has 0 amide bonds. The highest BCUT2D eigenvalue weighted by atomic mass is 16.3. The van der Waals surface area contributed by atoms with Crippen molar-refractivity contribution >= 4 is 0 Å². The quantitative estimate of drug-likeness (QED) is 0.776. The van der Waals surface area contributed by atoms with Crippen molar-refractivity contribution in [3.63, 3.8) is 0 Å². The first-order chi connectivity index (χ1) is 12.6. The minimum atomic E-state index is 0.0566. The largest absolute Gasteiger partial charge is 0.396 e. The molecule has 1 aliphatic rings. The fourth-order valence-corrected chi connectivity index (χ4v) is 4.17. The molecule has 0 bridgehead atoms. The van der Waals surface area contributed by atoms with Crippen LogP contribution in [0, 0.1) is 5.41 Å². The van der Waals surface area contributed by atoms with Crippen LogP contribution in [0.1, 0.15) is 56.7 Å². The van der Waals surface area contributed by atoms with Crippen molar-refractivity contribution in [2.75, 3.05) is 19.7 Å². The average Bonchev–Trinajstić information content (AvgIpc) is 3.12. The predicted molar refractivity (Wildman–Crippen MR) is 106 cm³/mol. The molecule has 1 fully saturated rings. The maximum absolute atomic E-state index is 10.2. The summed E-state index contributed by atoms with van der Waals surface area (Å²) in [7, 11) is 0. The van der Waals surface area contributed by atoms with Gasteiger partial charge in [0.2, 0.25) is 0 Å². The summed E-state index contributed by atoms with van der Waals surface area (Å²) in [5.74, 6) is 0. The summed E-state index contributed by atoms with van der Waals surface area (Å²) in [6.07, 6.45) is 9.80. The van der Waals surface area contributed by atoms with E-state index >= 15 is 0 Å². The van der Waals surface area contributed by atoms with E-state index < -0.39 is 0 Å². The third-order valence-corrected chi connectivity index (χ3v) is 5.68. The summed E-state index contributed by atoms with van der Waals surface area (Å²) in [5.41, 5.74) is 2.73. The molecule has 1 atom stereocenters. The van der Waals surface area contributed by atoms with Crippen LogP contribution in [0.3, 0.4) is 0 Å². The first-order valence-corrected chi connectivity index (χ1v) is 10.0. The number of nitrogens with zero attached hydrogens (tertiary/aromatic N) is 3. The number of aliphatic hydroxyl groups is 1. The lowest BCUT2D eigenvalue weighted by atomic mass is 9.76. The minimum Gasteiger partial charge on any atom is -0.396 e. The second-order valence-electron chi connectivity index (χ2n) is 8.23. The number of likely N-dealkylation sites (tertiary alicyclic amines) is 1. The van der Waals surface area contributed by atoms with Crippen molar-refractivity contribution in [2.24, 2.45) is 5.41 Å². The molecule has 2 heterocycles. The number of hydrogen-bond donors (Lipinski definition) is 1. The van der Waals surface area contributed by atoms with Crippen LogP contribution in [0.5, 0.6) is 0 Å². The van der Waals surface area contributed by atoms with Crippen molar-refractivity contribution in [1.29, 1.82) is 0 Å². The molecule has 4 heteroatoms. The highest BCUT2D eigenvalue weighted by Gasteiger charge is 2.34. The van der Waals surface area contributed by atoms with Crippen LogP contribution in [0.15, 0.2) is 42.7 Å². The molecule has 0 radical (unpaired) electrons. The maximum atomic E-state index is 10.2. The van der Waals surface area contributed by atoms with E-state index in [0.29, 0.717) is 12.6 Å². The molecule has 1 aliphatic heterocycles. The Morgan fingerprint density at radius 1 is 1.19 bits per heavy atom. The molecule has 0 spiro atoms. The molecule has 1 aromatic carbocycles. The van der Waals surface area contributed by atoms with Gasteiger partial charge in [-0.05, 0) is 58.1 Å². The van der Waals surface area contributed by atoms with Crippen LogP contribution < -0.4 is 0 Å². The van der Waals surface area contributed by atoms with E-state index in [0.717, 1.165) is 45.3 Å². The van der Waals surface area contributed by atoms with Gasteiger partial charge in [-0.25, -0.2) is 0 Å². The van der Waals surface area contributed by atoms with Crippen LogP contribution >= 0.6 is 0 Å². The first kappa shape index (κ1) is 19.1. The Balaban J connectivity index is 1.55. The molecule has 1 aromatic heterocycles. The maximum Gasteiger partial charge on any atom is 0.0534 e. The third kappa shape index (κ3) is 4.95. The van der Waals surface area contributed by atoms with Gasteiger partial charge in [0.05, 0.1) is 6.20 Å². The zero-order chi connectivity index (χ0) is 18.4. The predicted octanol–water partition coefficient (Wildman–Crippen LogP) is 4.06. The lowest BCUT2D eigenvalue weighted by Gasteiger charge is -2.42. The Bertz CT molecular complexity index is 667. The van der Waals surface area contributed by atoms with E-state index in [1.165, 1.54) is 17.5 Å². The molecule has 4 nitrogen and oxygen atoms in total. The van der Waals surface area contributed by atoms with Gasteiger partial charge in [-0.3, -0.25) is 9.58 Å². The molecule has 1 N–H and O–H groups in total. The van der Waals surface area contributed by atoms with E-state index in [1.807, 2.05) is 10.9 Å². The van der Waals surface area contributed by atoms with Gasteiger partial charge in [-0.2, -0.15) is 5.10 Å². The zero-order valence-electron chi connectivity index (χ0n) is 16.3.